The number of aryl methyl sites for hydroxylation is 1. The molecule has 2 aromatic rings. The lowest BCUT2D eigenvalue weighted by Gasteiger charge is -2.11. The number of ether oxygens (including phenoxy) is 2. The third-order valence-electron chi connectivity index (χ3n) is 2.74. The van der Waals surface area contributed by atoms with Gasteiger partial charge in [-0.15, -0.1) is 0 Å². The molecule has 1 N–H and O–H groups in total. The summed E-state index contributed by atoms with van der Waals surface area (Å²) in [7, 11) is 3.21. The molecule has 0 fully saturated rings. The Balaban J connectivity index is 1.87. The average molecular weight is 278 g/mol. The molecule has 7 heteroatoms. The van der Waals surface area contributed by atoms with Crippen LogP contribution in [0.25, 0.3) is 0 Å². The lowest BCUT2D eigenvalue weighted by molar-refractivity contribution is 0.347. The van der Waals surface area contributed by atoms with Crippen molar-refractivity contribution in [1.82, 2.24) is 20.4 Å². The summed E-state index contributed by atoms with van der Waals surface area (Å²) in [6, 6.07) is 1.77. The number of methoxy groups -OCH3 is 2. The minimum Gasteiger partial charge on any atom is -0.493 e. The molecule has 0 aliphatic heterocycles. The molecule has 2 heterocycles. The molecule has 0 amide bonds. The highest BCUT2D eigenvalue weighted by molar-refractivity contribution is 5.42. The van der Waals surface area contributed by atoms with Crippen LogP contribution < -0.4 is 14.8 Å². The van der Waals surface area contributed by atoms with Crippen molar-refractivity contribution in [3.63, 3.8) is 0 Å². The Morgan fingerprint density at radius 2 is 2.15 bits per heavy atom. The minimum absolute atomic E-state index is 0.577. The molecule has 0 atom stereocenters. The Bertz CT molecular complexity index is 556. The van der Waals surface area contributed by atoms with Crippen molar-refractivity contribution in [3.8, 4) is 11.5 Å². The summed E-state index contributed by atoms with van der Waals surface area (Å²) >= 11 is 0. The molecule has 2 aromatic heterocycles. The summed E-state index contributed by atoms with van der Waals surface area (Å²) in [5.74, 6) is 2.60. The Labute approximate surface area is 117 Å². The van der Waals surface area contributed by atoms with Gasteiger partial charge >= 0.3 is 0 Å². The summed E-state index contributed by atoms with van der Waals surface area (Å²) in [6.07, 6.45) is 2.37. The number of nitrogens with one attached hydrogen (secondary N) is 1. The highest BCUT2D eigenvalue weighted by Gasteiger charge is 2.10. The summed E-state index contributed by atoms with van der Waals surface area (Å²) in [4.78, 5) is 8.43. The maximum absolute atomic E-state index is 5.32. The van der Waals surface area contributed by atoms with Gasteiger partial charge in [0.1, 0.15) is 0 Å². The van der Waals surface area contributed by atoms with Gasteiger partial charge in [-0.1, -0.05) is 5.16 Å². The molecule has 0 saturated heterocycles. The second kappa shape index (κ2) is 6.85. The maximum atomic E-state index is 5.32. The van der Waals surface area contributed by atoms with Crippen molar-refractivity contribution >= 4 is 0 Å². The lowest BCUT2D eigenvalue weighted by Crippen LogP contribution is -2.18. The first-order chi connectivity index (χ1) is 9.74. The lowest BCUT2D eigenvalue weighted by atomic mass is 10.3. The molecule has 108 valence electrons. The molecule has 20 heavy (non-hydrogen) atoms. The normalized spacial score (nSPS) is 10.6. The second-order valence-corrected chi connectivity index (χ2v) is 4.16. The zero-order valence-electron chi connectivity index (χ0n) is 11.8. The molecule has 0 aliphatic rings. The molecule has 0 bridgehead atoms. The van der Waals surface area contributed by atoms with E-state index in [2.05, 4.69) is 20.4 Å². The molecule has 0 aromatic carbocycles. The number of hydrogen-bond donors (Lipinski definition) is 1. The largest absolute Gasteiger partial charge is 0.493 e. The first-order valence-corrected chi connectivity index (χ1v) is 6.30. The van der Waals surface area contributed by atoms with Gasteiger partial charge in [0.25, 0.3) is 0 Å². The standard InChI is InChI=1S/C13H18N4O3/c1-9-16-12(20-17-9)5-6-14-8-10-13(19-3)11(18-2)4-7-15-10/h4,7,14H,5-6,8H2,1-3H3. The van der Waals surface area contributed by atoms with E-state index in [-0.39, 0.29) is 0 Å². The van der Waals surface area contributed by atoms with Gasteiger partial charge in [-0.2, -0.15) is 4.98 Å². The van der Waals surface area contributed by atoms with Crippen LogP contribution in [0.3, 0.4) is 0 Å². The van der Waals surface area contributed by atoms with E-state index < -0.39 is 0 Å². The third kappa shape index (κ3) is 3.45. The van der Waals surface area contributed by atoms with E-state index in [0.717, 1.165) is 5.69 Å². The van der Waals surface area contributed by atoms with Crippen LogP contribution in [0.4, 0.5) is 0 Å². The molecule has 0 aliphatic carbocycles. The number of pyridine rings is 1. The van der Waals surface area contributed by atoms with Crippen LogP contribution in [-0.2, 0) is 13.0 Å². The minimum atomic E-state index is 0.577. The maximum Gasteiger partial charge on any atom is 0.227 e. The first kappa shape index (κ1) is 14.3. The van der Waals surface area contributed by atoms with Gasteiger partial charge in [0.15, 0.2) is 17.3 Å². The van der Waals surface area contributed by atoms with Crippen LogP contribution in [0.1, 0.15) is 17.4 Å². The monoisotopic (exact) mass is 278 g/mol. The predicted octanol–water partition coefficient (Wildman–Crippen LogP) is 1.12. The van der Waals surface area contributed by atoms with Crippen LogP contribution in [0.15, 0.2) is 16.8 Å². The van der Waals surface area contributed by atoms with Gasteiger partial charge in [-0.3, -0.25) is 4.98 Å². The van der Waals surface area contributed by atoms with Gasteiger partial charge in [-0.05, 0) is 6.92 Å². The molecule has 0 spiro atoms. The van der Waals surface area contributed by atoms with Gasteiger partial charge in [0, 0.05) is 31.8 Å². The number of rotatable bonds is 7. The highest BCUT2D eigenvalue weighted by Crippen LogP contribution is 2.28. The van der Waals surface area contributed by atoms with Gasteiger partial charge in [0.2, 0.25) is 5.89 Å². The van der Waals surface area contributed by atoms with Crippen LogP contribution in [0.5, 0.6) is 11.5 Å². The fraction of sp³-hybridized carbons (Fsp3) is 0.462. The molecule has 7 nitrogen and oxygen atoms in total. The van der Waals surface area contributed by atoms with Crippen molar-refractivity contribution in [2.24, 2.45) is 0 Å². The van der Waals surface area contributed by atoms with E-state index in [1.807, 2.05) is 0 Å². The van der Waals surface area contributed by atoms with Crippen LogP contribution >= 0.6 is 0 Å². The SMILES string of the molecule is COc1ccnc(CNCCc2nc(C)no2)c1OC. The van der Waals surface area contributed by atoms with Crippen LogP contribution in [0, 0.1) is 6.92 Å². The second-order valence-electron chi connectivity index (χ2n) is 4.16. The van der Waals surface area contributed by atoms with Crippen molar-refractivity contribution in [2.75, 3.05) is 20.8 Å². The smallest absolute Gasteiger partial charge is 0.227 e. The van der Waals surface area contributed by atoms with Crippen molar-refractivity contribution in [3.05, 3.63) is 29.7 Å². The van der Waals surface area contributed by atoms with E-state index in [9.17, 15) is 0 Å². The van der Waals surface area contributed by atoms with E-state index in [4.69, 9.17) is 14.0 Å². The Kier molecular flexibility index (Phi) is 4.89. The Morgan fingerprint density at radius 1 is 1.30 bits per heavy atom. The molecular weight excluding hydrogens is 260 g/mol. The van der Waals surface area contributed by atoms with Crippen molar-refractivity contribution < 1.29 is 14.0 Å². The summed E-state index contributed by atoms with van der Waals surface area (Å²) in [6.45, 7) is 3.09. The van der Waals surface area contributed by atoms with E-state index in [1.165, 1.54) is 0 Å². The van der Waals surface area contributed by atoms with Gasteiger partial charge in [0.05, 0.1) is 19.9 Å². The highest BCUT2D eigenvalue weighted by atomic mass is 16.5. The molecule has 2 rings (SSSR count). The molecule has 0 radical (unpaired) electrons. The quantitative estimate of drug-likeness (QED) is 0.760. The molecule has 0 unspecified atom stereocenters. The van der Waals surface area contributed by atoms with Crippen LogP contribution in [-0.4, -0.2) is 35.9 Å². The summed E-state index contributed by atoms with van der Waals surface area (Å²) in [5, 5.41) is 7.00. The average Bonchev–Trinajstić information content (AvgIpc) is 2.88. The van der Waals surface area contributed by atoms with Gasteiger partial charge in [-0.25, -0.2) is 0 Å². The van der Waals surface area contributed by atoms with Crippen LogP contribution in [0.2, 0.25) is 0 Å². The molecular formula is C13H18N4O3. The summed E-state index contributed by atoms with van der Waals surface area (Å²) < 4.78 is 15.6. The Hall–Kier alpha value is -2.15. The number of hydrogen-bond acceptors (Lipinski definition) is 7. The predicted molar refractivity (Wildman–Crippen MR) is 71.8 cm³/mol. The van der Waals surface area contributed by atoms with Gasteiger partial charge < -0.3 is 19.3 Å². The van der Waals surface area contributed by atoms with Crippen molar-refractivity contribution in [2.45, 2.75) is 19.9 Å². The summed E-state index contributed by atoms with van der Waals surface area (Å²) in [5.41, 5.74) is 0.800. The van der Waals surface area contributed by atoms with E-state index in [0.29, 0.717) is 42.7 Å². The fourth-order valence-electron chi connectivity index (χ4n) is 1.82. The third-order valence-corrected chi connectivity index (χ3v) is 2.74. The fourth-order valence-corrected chi connectivity index (χ4v) is 1.82. The van der Waals surface area contributed by atoms with E-state index in [1.54, 1.807) is 33.4 Å². The zero-order valence-corrected chi connectivity index (χ0v) is 11.8. The topological polar surface area (TPSA) is 82.3 Å². The first-order valence-electron chi connectivity index (χ1n) is 6.30. The molecule has 0 saturated carbocycles. The van der Waals surface area contributed by atoms with E-state index >= 15 is 0 Å². The van der Waals surface area contributed by atoms with Crippen molar-refractivity contribution in [1.29, 1.82) is 0 Å². The zero-order chi connectivity index (χ0) is 14.4. The number of aromatic nitrogens is 3. The Morgan fingerprint density at radius 3 is 2.80 bits per heavy atom. The number of nitrogens with zero attached hydrogens (tertiary/aromatic N) is 3.